The van der Waals surface area contributed by atoms with Crippen LogP contribution in [0.5, 0.6) is 0 Å². The van der Waals surface area contributed by atoms with Crippen LogP contribution < -0.4 is 0 Å². The molecule has 4 rings (SSSR count). The minimum atomic E-state index is -0.0995. The maximum Gasteiger partial charge on any atom is 0.0578 e. The van der Waals surface area contributed by atoms with Crippen LogP contribution in [0.4, 0.5) is 0 Å². The molecule has 0 aromatic carbocycles. The number of aliphatic hydroxyl groups is 1. The number of unbranched alkanes of at least 4 members (excludes halogenated alkanes) is 2. The Morgan fingerprint density at radius 2 is 1.52 bits per heavy atom. The normalized spacial score (nSPS) is 37.6. The fourth-order valence-corrected chi connectivity index (χ4v) is 7.21. The monoisotopic (exact) mass is 432 g/mol. The second-order valence-electron chi connectivity index (χ2n) is 10.1. The maximum atomic E-state index is 10.1. The van der Waals surface area contributed by atoms with Crippen molar-refractivity contribution in [1.29, 1.82) is 0 Å². The highest BCUT2D eigenvalue weighted by Crippen LogP contribution is 2.65. The first kappa shape index (κ1) is 28.5. The predicted molar refractivity (Wildman–Crippen MR) is 139 cm³/mol. The number of allylic oxidation sites excluding steroid dienone is 3. The van der Waals surface area contributed by atoms with Crippen LogP contribution in [0.25, 0.3) is 0 Å². The van der Waals surface area contributed by atoms with Crippen LogP contribution in [-0.4, -0.2) is 11.2 Å². The Kier molecular flexibility index (Phi) is 12.1. The molecule has 1 nitrogen and oxygen atoms in total. The van der Waals surface area contributed by atoms with Crippen LogP contribution in [-0.2, 0) is 0 Å². The van der Waals surface area contributed by atoms with Gasteiger partial charge in [0.25, 0.3) is 0 Å². The third-order valence-corrected chi connectivity index (χ3v) is 8.90. The second-order valence-corrected chi connectivity index (χ2v) is 10.1. The Morgan fingerprint density at radius 1 is 0.839 bits per heavy atom. The van der Waals surface area contributed by atoms with E-state index in [9.17, 15) is 5.11 Å². The largest absolute Gasteiger partial charge is 0.393 e. The summed E-state index contributed by atoms with van der Waals surface area (Å²) in [5.74, 6) is 2.55. The van der Waals surface area contributed by atoms with Gasteiger partial charge in [0, 0.05) is 0 Å². The molecule has 0 aromatic heterocycles. The molecule has 0 aliphatic heterocycles. The fraction of sp³-hybridized carbons (Fsp3) is 0.867. The van der Waals surface area contributed by atoms with E-state index in [4.69, 9.17) is 0 Å². The summed E-state index contributed by atoms with van der Waals surface area (Å²) in [6.45, 7) is 19.5. The van der Waals surface area contributed by atoms with E-state index >= 15 is 0 Å². The molecule has 0 aromatic rings. The van der Waals surface area contributed by atoms with E-state index < -0.39 is 0 Å². The van der Waals surface area contributed by atoms with Crippen LogP contribution in [0.1, 0.15) is 133 Å². The molecule has 3 saturated carbocycles. The van der Waals surface area contributed by atoms with Gasteiger partial charge in [-0.2, -0.15) is 0 Å². The highest BCUT2D eigenvalue weighted by atomic mass is 16.3. The van der Waals surface area contributed by atoms with E-state index in [0.29, 0.717) is 10.8 Å². The molecule has 31 heavy (non-hydrogen) atoms. The lowest BCUT2D eigenvalue weighted by Crippen LogP contribution is -2.45. The highest BCUT2D eigenvalue weighted by Gasteiger charge is 2.55. The van der Waals surface area contributed by atoms with Crippen LogP contribution in [0.3, 0.4) is 0 Å². The van der Waals surface area contributed by atoms with Gasteiger partial charge in [0.1, 0.15) is 0 Å². The Hall–Kier alpha value is -0.560. The summed E-state index contributed by atoms with van der Waals surface area (Å²) in [7, 11) is 0. The first-order chi connectivity index (χ1) is 15.0. The van der Waals surface area contributed by atoms with Gasteiger partial charge in [-0.25, -0.2) is 0 Å². The van der Waals surface area contributed by atoms with E-state index in [1.54, 1.807) is 11.1 Å². The summed E-state index contributed by atoms with van der Waals surface area (Å²) >= 11 is 0. The maximum absolute atomic E-state index is 10.1. The molecule has 182 valence electrons. The third kappa shape index (κ3) is 5.69. The molecule has 6 atom stereocenters. The molecular weight excluding hydrogens is 376 g/mol. The van der Waals surface area contributed by atoms with Crippen molar-refractivity contribution in [3.05, 3.63) is 23.3 Å². The first-order valence-corrected chi connectivity index (χ1v) is 14.1. The van der Waals surface area contributed by atoms with Gasteiger partial charge in [-0.3, -0.25) is 0 Å². The number of hydrogen-bond donors (Lipinski definition) is 1. The molecule has 3 fully saturated rings. The molecule has 4 unspecified atom stereocenters. The van der Waals surface area contributed by atoms with Gasteiger partial charge in [0.2, 0.25) is 0 Å². The van der Waals surface area contributed by atoms with Crippen molar-refractivity contribution in [3.63, 3.8) is 0 Å². The van der Waals surface area contributed by atoms with E-state index in [1.165, 1.54) is 57.8 Å². The Morgan fingerprint density at radius 3 is 2.16 bits per heavy atom. The van der Waals surface area contributed by atoms with Gasteiger partial charge >= 0.3 is 0 Å². The molecule has 4 aliphatic rings. The van der Waals surface area contributed by atoms with E-state index in [0.717, 1.165) is 30.6 Å². The molecule has 1 N–H and O–H groups in total. The van der Waals surface area contributed by atoms with Crippen LogP contribution >= 0.6 is 0 Å². The summed E-state index contributed by atoms with van der Waals surface area (Å²) < 4.78 is 0. The summed E-state index contributed by atoms with van der Waals surface area (Å²) in [6, 6.07) is 0. The lowest BCUT2D eigenvalue weighted by molar-refractivity contribution is 0.0429. The summed E-state index contributed by atoms with van der Waals surface area (Å²) in [5.41, 5.74) is 4.24. The molecule has 0 bridgehead atoms. The topological polar surface area (TPSA) is 20.2 Å². The summed E-state index contributed by atoms with van der Waals surface area (Å²) in [4.78, 5) is 0. The fourth-order valence-electron chi connectivity index (χ4n) is 7.21. The van der Waals surface area contributed by atoms with Gasteiger partial charge in [0.05, 0.1) is 6.10 Å². The van der Waals surface area contributed by atoms with Crippen LogP contribution in [0, 0.1) is 28.6 Å². The average Bonchev–Trinajstić information content (AvgIpc) is 3.15. The van der Waals surface area contributed by atoms with Crippen molar-refractivity contribution in [2.75, 3.05) is 0 Å². The van der Waals surface area contributed by atoms with Gasteiger partial charge in [-0.05, 0) is 80.0 Å². The van der Waals surface area contributed by atoms with E-state index in [2.05, 4.69) is 32.9 Å². The molecule has 0 radical (unpaired) electrons. The zero-order valence-electron chi connectivity index (χ0n) is 22.7. The summed E-state index contributed by atoms with van der Waals surface area (Å²) in [6.07, 6.45) is 19.3. The number of aliphatic hydroxyl groups excluding tert-OH is 1. The van der Waals surface area contributed by atoms with Crippen molar-refractivity contribution in [1.82, 2.24) is 0 Å². The molecule has 0 saturated heterocycles. The van der Waals surface area contributed by atoms with Gasteiger partial charge in [0.15, 0.2) is 0 Å². The quantitative estimate of drug-likeness (QED) is 0.438. The Bertz CT molecular complexity index is 573. The number of hydrogen-bond acceptors (Lipinski definition) is 1. The predicted octanol–water partition coefficient (Wildman–Crippen LogP) is 9.51. The molecule has 1 heteroatoms. The van der Waals surface area contributed by atoms with Crippen molar-refractivity contribution >= 4 is 0 Å². The van der Waals surface area contributed by atoms with Crippen molar-refractivity contribution in [3.8, 4) is 0 Å². The van der Waals surface area contributed by atoms with Gasteiger partial charge < -0.3 is 5.11 Å². The SMILES string of the molecule is CC.CC.CC.CCCCCC1CCC2C3=CC=C4CC(O)CC[C@]4(C)C3CC[C@]12C. The second kappa shape index (κ2) is 13.2. The van der Waals surface area contributed by atoms with E-state index in [1.807, 2.05) is 41.5 Å². The van der Waals surface area contributed by atoms with E-state index in [-0.39, 0.29) is 6.10 Å². The Labute approximate surface area is 196 Å². The molecular formula is C30H56O. The number of fused-ring (bicyclic) bond motifs is 5. The van der Waals surface area contributed by atoms with Gasteiger partial charge in [-0.1, -0.05) is 105 Å². The number of rotatable bonds is 4. The average molecular weight is 433 g/mol. The molecule has 0 amide bonds. The molecule has 0 spiro atoms. The van der Waals surface area contributed by atoms with Crippen molar-refractivity contribution in [2.45, 2.75) is 139 Å². The zero-order valence-corrected chi connectivity index (χ0v) is 22.7. The molecule has 4 aliphatic carbocycles. The lowest BCUT2D eigenvalue weighted by atomic mass is 9.50. The van der Waals surface area contributed by atoms with Crippen molar-refractivity contribution in [2.24, 2.45) is 28.6 Å². The minimum absolute atomic E-state index is 0.0995. The third-order valence-electron chi connectivity index (χ3n) is 8.90. The Balaban J connectivity index is 0.000000739. The standard InChI is InChI=1S/C24H38O.3C2H6/c1-4-5-6-7-17-9-11-21-20-10-8-18-16-19(25)12-14-24(18,3)22(20)13-15-23(17,21)2;3*1-2/h8,10,17,19,21-22,25H,4-7,9,11-16H2,1-3H3;3*1-2H3/t17?,19?,21?,22?,23-,24+;;;/m1.../s1. The zero-order chi connectivity index (χ0) is 23.7. The summed E-state index contributed by atoms with van der Waals surface area (Å²) in [5, 5.41) is 10.1. The highest BCUT2D eigenvalue weighted by molar-refractivity contribution is 5.38. The lowest BCUT2D eigenvalue weighted by Gasteiger charge is -2.54. The van der Waals surface area contributed by atoms with Crippen LogP contribution in [0.2, 0.25) is 0 Å². The first-order valence-electron chi connectivity index (χ1n) is 14.1. The van der Waals surface area contributed by atoms with Crippen molar-refractivity contribution < 1.29 is 5.11 Å². The van der Waals surface area contributed by atoms with Gasteiger partial charge in [-0.15, -0.1) is 0 Å². The smallest absolute Gasteiger partial charge is 0.0578 e. The molecule has 0 heterocycles. The van der Waals surface area contributed by atoms with Crippen LogP contribution in [0.15, 0.2) is 23.3 Å². The minimum Gasteiger partial charge on any atom is -0.393 e.